The van der Waals surface area contributed by atoms with Crippen LogP contribution in [0, 0.1) is 6.92 Å². The van der Waals surface area contributed by atoms with Gasteiger partial charge in [-0.2, -0.15) is 4.98 Å². The molecule has 0 aliphatic carbocycles. The number of aryl methyl sites for hydroxylation is 1. The second-order valence-electron chi connectivity index (χ2n) is 7.70. The molecule has 28 heavy (non-hydrogen) atoms. The molecule has 0 N–H and O–H groups in total. The lowest BCUT2D eigenvalue weighted by Crippen LogP contribution is -2.48. The molecule has 2 aromatic rings. The van der Waals surface area contributed by atoms with Gasteiger partial charge in [-0.25, -0.2) is 0 Å². The van der Waals surface area contributed by atoms with Crippen LogP contribution in [-0.4, -0.2) is 52.0 Å². The zero-order chi connectivity index (χ0) is 19.8. The SMILES string of the molecule is CCCCCCCC(=O)N1CCN(Cc2noc(-c3ccc(C)cc3)n2)CC1. The van der Waals surface area contributed by atoms with E-state index in [1.54, 1.807) is 0 Å². The van der Waals surface area contributed by atoms with Crippen LogP contribution in [0.5, 0.6) is 0 Å². The number of amides is 1. The van der Waals surface area contributed by atoms with Gasteiger partial charge in [0, 0.05) is 38.2 Å². The van der Waals surface area contributed by atoms with E-state index in [2.05, 4.69) is 28.9 Å². The second kappa shape index (κ2) is 10.4. The molecule has 1 aromatic heterocycles. The summed E-state index contributed by atoms with van der Waals surface area (Å²) in [6.07, 6.45) is 6.63. The molecular weight excluding hydrogens is 352 g/mol. The minimum Gasteiger partial charge on any atom is -0.340 e. The van der Waals surface area contributed by atoms with Gasteiger partial charge in [0.2, 0.25) is 5.91 Å². The highest BCUT2D eigenvalue weighted by Gasteiger charge is 2.22. The molecule has 1 amide bonds. The maximum Gasteiger partial charge on any atom is 0.257 e. The maximum absolute atomic E-state index is 12.3. The number of hydrogen-bond acceptors (Lipinski definition) is 5. The summed E-state index contributed by atoms with van der Waals surface area (Å²) in [4.78, 5) is 21.2. The van der Waals surface area contributed by atoms with E-state index in [-0.39, 0.29) is 0 Å². The van der Waals surface area contributed by atoms with Crippen molar-refractivity contribution in [2.24, 2.45) is 0 Å². The predicted molar refractivity (Wildman–Crippen MR) is 110 cm³/mol. The third kappa shape index (κ3) is 5.89. The summed E-state index contributed by atoms with van der Waals surface area (Å²) >= 11 is 0. The number of carbonyl (C=O) groups is 1. The molecular formula is C22H32N4O2. The first kappa shape index (κ1) is 20.5. The van der Waals surface area contributed by atoms with Gasteiger partial charge in [0.15, 0.2) is 5.82 Å². The number of hydrogen-bond donors (Lipinski definition) is 0. The van der Waals surface area contributed by atoms with Crippen molar-refractivity contribution in [1.82, 2.24) is 19.9 Å². The van der Waals surface area contributed by atoms with E-state index in [1.165, 1.54) is 31.2 Å². The molecule has 6 nitrogen and oxygen atoms in total. The summed E-state index contributed by atoms with van der Waals surface area (Å²) in [5.41, 5.74) is 2.15. The minimum absolute atomic E-state index is 0.303. The number of nitrogens with zero attached hydrogens (tertiary/aromatic N) is 4. The molecule has 6 heteroatoms. The highest BCUT2D eigenvalue weighted by Crippen LogP contribution is 2.18. The average molecular weight is 385 g/mol. The first-order valence-corrected chi connectivity index (χ1v) is 10.6. The number of unbranched alkanes of at least 4 members (excludes halogenated alkanes) is 4. The number of aromatic nitrogens is 2. The standard InChI is InChI=1S/C22H32N4O2/c1-3-4-5-6-7-8-21(27)26-15-13-25(14-16-26)17-20-23-22(28-24-20)19-11-9-18(2)10-12-19/h9-12H,3-8,13-17H2,1-2H3. The minimum atomic E-state index is 0.303. The van der Waals surface area contributed by atoms with Crippen molar-refractivity contribution in [1.29, 1.82) is 0 Å². The summed E-state index contributed by atoms with van der Waals surface area (Å²) in [5.74, 6) is 1.57. The van der Waals surface area contributed by atoms with Crippen LogP contribution in [0.25, 0.3) is 11.5 Å². The predicted octanol–water partition coefficient (Wildman–Crippen LogP) is 4.05. The lowest BCUT2D eigenvalue weighted by Gasteiger charge is -2.34. The normalized spacial score (nSPS) is 15.1. The van der Waals surface area contributed by atoms with Crippen LogP contribution in [0.4, 0.5) is 0 Å². The lowest BCUT2D eigenvalue weighted by molar-refractivity contribution is -0.133. The Kier molecular flexibility index (Phi) is 7.60. The molecule has 152 valence electrons. The van der Waals surface area contributed by atoms with Gasteiger partial charge in [-0.3, -0.25) is 9.69 Å². The van der Waals surface area contributed by atoms with E-state index >= 15 is 0 Å². The molecule has 0 spiro atoms. The third-order valence-electron chi connectivity index (χ3n) is 5.35. The highest BCUT2D eigenvalue weighted by atomic mass is 16.5. The summed E-state index contributed by atoms with van der Waals surface area (Å²) in [5, 5.41) is 4.12. The van der Waals surface area contributed by atoms with E-state index in [0.717, 1.165) is 38.2 Å². The van der Waals surface area contributed by atoms with Crippen molar-refractivity contribution in [2.75, 3.05) is 26.2 Å². The van der Waals surface area contributed by atoms with Crippen molar-refractivity contribution in [3.63, 3.8) is 0 Å². The molecule has 0 bridgehead atoms. The van der Waals surface area contributed by atoms with Gasteiger partial charge in [0.25, 0.3) is 5.89 Å². The Balaban J connectivity index is 1.41. The van der Waals surface area contributed by atoms with Gasteiger partial charge in [0.1, 0.15) is 0 Å². The Labute approximate surface area is 167 Å². The molecule has 0 unspecified atom stereocenters. The van der Waals surface area contributed by atoms with Gasteiger partial charge in [-0.15, -0.1) is 0 Å². The fraction of sp³-hybridized carbons (Fsp3) is 0.591. The molecule has 1 aliphatic heterocycles. The molecule has 0 saturated carbocycles. The van der Waals surface area contributed by atoms with Gasteiger partial charge in [-0.05, 0) is 25.5 Å². The summed E-state index contributed by atoms with van der Waals surface area (Å²) in [7, 11) is 0. The topological polar surface area (TPSA) is 62.5 Å². The van der Waals surface area contributed by atoms with Crippen LogP contribution < -0.4 is 0 Å². The first-order valence-electron chi connectivity index (χ1n) is 10.6. The Morgan fingerprint density at radius 3 is 2.46 bits per heavy atom. The van der Waals surface area contributed by atoms with Gasteiger partial charge in [0.05, 0.1) is 6.54 Å². The Hall–Kier alpha value is -2.21. The second-order valence-corrected chi connectivity index (χ2v) is 7.70. The Morgan fingerprint density at radius 1 is 1.04 bits per heavy atom. The number of piperazine rings is 1. The molecule has 0 radical (unpaired) electrons. The van der Waals surface area contributed by atoms with Gasteiger partial charge < -0.3 is 9.42 Å². The van der Waals surface area contributed by atoms with Crippen LogP contribution in [0.3, 0.4) is 0 Å². The van der Waals surface area contributed by atoms with E-state index in [0.29, 0.717) is 30.6 Å². The largest absolute Gasteiger partial charge is 0.340 e. The Morgan fingerprint density at radius 2 is 1.75 bits per heavy atom. The zero-order valence-electron chi connectivity index (χ0n) is 17.2. The van der Waals surface area contributed by atoms with Crippen molar-refractivity contribution >= 4 is 5.91 Å². The summed E-state index contributed by atoms with van der Waals surface area (Å²) in [6.45, 7) is 8.22. The van der Waals surface area contributed by atoms with E-state index in [4.69, 9.17) is 4.52 Å². The maximum atomic E-state index is 12.3. The van der Waals surface area contributed by atoms with Gasteiger partial charge in [-0.1, -0.05) is 55.5 Å². The van der Waals surface area contributed by atoms with Crippen LogP contribution in [0.1, 0.15) is 56.8 Å². The number of carbonyl (C=O) groups excluding carboxylic acids is 1. The zero-order valence-corrected chi connectivity index (χ0v) is 17.2. The highest BCUT2D eigenvalue weighted by molar-refractivity contribution is 5.76. The van der Waals surface area contributed by atoms with Crippen molar-refractivity contribution in [3.05, 3.63) is 35.7 Å². The lowest BCUT2D eigenvalue weighted by atomic mass is 10.1. The molecule has 2 heterocycles. The van der Waals surface area contributed by atoms with E-state index in [9.17, 15) is 4.79 Å². The average Bonchev–Trinajstić information content (AvgIpc) is 3.17. The van der Waals surface area contributed by atoms with Crippen molar-refractivity contribution in [2.45, 2.75) is 58.9 Å². The third-order valence-corrected chi connectivity index (χ3v) is 5.35. The van der Waals surface area contributed by atoms with E-state index in [1.807, 2.05) is 29.2 Å². The van der Waals surface area contributed by atoms with Crippen LogP contribution >= 0.6 is 0 Å². The molecule has 3 rings (SSSR count). The molecule has 1 fully saturated rings. The van der Waals surface area contributed by atoms with Crippen molar-refractivity contribution < 1.29 is 9.32 Å². The molecule has 1 aromatic carbocycles. The fourth-order valence-corrected chi connectivity index (χ4v) is 3.52. The molecule has 1 saturated heterocycles. The van der Waals surface area contributed by atoms with Crippen LogP contribution in [0.2, 0.25) is 0 Å². The quantitative estimate of drug-likeness (QED) is 0.610. The molecule has 0 atom stereocenters. The monoisotopic (exact) mass is 384 g/mol. The van der Waals surface area contributed by atoms with Crippen LogP contribution in [-0.2, 0) is 11.3 Å². The summed E-state index contributed by atoms with van der Waals surface area (Å²) in [6, 6.07) is 8.08. The fourth-order valence-electron chi connectivity index (χ4n) is 3.52. The molecule has 1 aliphatic rings. The summed E-state index contributed by atoms with van der Waals surface area (Å²) < 4.78 is 5.41. The first-order chi connectivity index (χ1) is 13.7. The number of benzene rings is 1. The smallest absolute Gasteiger partial charge is 0.257 e. The van der Waals surface area contributed by atoms with Gasteiger partial charge >= 0.3 is 0 Å². The van der Waals surface area contributed by atoms with Crippen molar-refractivity contribution in [3.8, 4) is 11.5 Å². The Bertz CT molecular complexity index is 733. The number of rotatable bonds is 9. The van der Waals surface area contributed by atoms with E-state index < -0.39 is 0 Å². The van der Waals surface area contributed by atoms with Crippen LogP contribution in [0.15, 0.2) is 28.8 Å².